The molecule has 0 bridgehead atoms. The largest absolute Gasteiger partial charge is 0.457 e. The molecule has 0 aliphatic heterocycles. The van der Waals surface area contributed by atoms with Crippen molar-refractivity contribution in [1.29, 1.82) is 0 Å². The number of ether oxygens (including phenoxy) is 1. The molecule has 0 saturated heterocycles. The average molecular weight is 304 g/mol. The number of nitrogens with zero attached hydrogens (tertiary/aromatic N) is 1. The van der Waals surface area contributed by atoms with Crippen LogP contribution in [0.5, 0.6) is 11.5 Å². The van der Waals surface area contributed by atoms with E-state index in [-0.39, 0.29) is 5.91 Å². The summed E-state index contributed by atoms with van der Waals surface area (Å²) in [6, 6.07) is 18.5. The van der Waals surface area contributed by atoms with Gasteiger partial charge in [0.05, 0.1) is 5.56 Å². The van der Waals surface area contributed by atoms with Crippen LogP contribution in [0.4, 0.5) is 5.69 Å². The first-order valence-electron chi connectivity index (χ1n) is 7.27. The molecule has 0 saturated carbocycles. The highest BCUT2D eigenvalue weighted by Gasteiger charge is 2.06. The second-order valence-electron chi connectivity index (χ2n) is 5.09. The summed E-state index contributed by atoms with van der Waals surface area (Å²) in [5.41, 5.74) is 2.30. The maximum Gasteiger partial charge on any atom is 0.257 e. The number of nitrogens with one attached hydrogen (secondary N) is 1. The van der Waals surface area contributed by atoms with E-state index in [0.29, 0.717) is 11.3 Å². The third kappa shape index (κ3) is 3.74. The van der Waals surface area contributed by atoms with Crippen LogP contribution in [0.1, 0.15) is 15.9 Å². The summed E-state index contributed by atoms with van der Waals surface area (Å²) in [5, 5.41) is 2.83. The zero-order valence-electron chi connectivity index (χ0n) is 12.7. The van der Waals surface area contributed by atoms with Crippen molar-refractivity contribution in [3.8, 4) is 11.5 Å². The lowest BCUT2D eigenvalue weighted by Gasteiger charge is -2.09. The fraction of sp³-hybridized carbons (Fsp3) is 0.0526. The van der Waals surface area contributed by atoms with E-state index in [4.69, 9.17) is 4.74 Å². The van der Waals surface area contributed by atoms with Crippen LogP contribution in [-0.4, -0.2) is 10.9 Å². The van der Waals surface area contributed by atoms with Crippen LogP contribution in [0.2, 0.25) is 0 Å². The van der Waals surface area contributed by atoms with E-state index in [9.17, 15) is 4.79 Å². The Hall–Kier alpha value is -3.14. The molecule has 0 atom stereocenters. The predicted molar refractivity (Wildman–Crippen MR) is 89.9 cm³/mol. The van der Waals surface area contributed by atoms with Gasteiger partial charge in [-0.1, -0.05) is 18.2 Å². The van der Waals surface area contributed by atoms with Crippen LogP contribution < -0.4 is 10.1 Å². The third-order valence-corrected chi connectivity index (χ3v) is 3.36. The molecular weight excluding hydrogens is 288 g/mol. The summed E-state index contributed by atoms with van der Waals surface area (Å²) in [7, 11) is 0. The van der Waals surface area contributed by atoms with E-state index in [0.717, 1.165) is 17.1 Å². The van der Waals surface area contributed by atoms with Gasteiger partial charge in [-0.05, 0) is 55.0 Å². The summed E-state index contributed by atoms with van der Waals surface area (Å²) < 4.78 is 5.83. The van der Waals surface area contributed by atoms with Gasteiger partial charge in [-0.2, -0.15) is 0 Å². The molecule has 4 nitrogen and oxygen atoms in total. The number of benzene rings is 2. The second-order valence-corrected chi connectivity index (χ2v) is 5.09. The predicted octanol–water partition coefficient (Wildman–Crippen LogP) is 4.43. The number of hydrogen-bond donors (Lipinski definition) is 1. The first kappa shape index (κ1) is 14.8. The summed E-state index contributed by atoms with van der Waals surface area (Å²) >= 11 is 0. The molecule has 114 valence electrons. The molecule has 1 aromatic heterocycles. The number of rotatable bonds is 4. The molecule has 0 unspecified atom stereocenters. The van der Waals surface area contributed by atoms with Gasteiger partial charge >= 0.3 is 0 Å². The van der Waals surface area contributed by atoms with Gasteiger partial charge in [-0.3, -0.25) is 9.78 Å². The molecule has 1 heterocycles. The molecular formula is C19H16N2O2. The summed E-state index contributed by atoms with van der Waals surface area (Å²) in [6.45, 7) is 2.00. The third-order valence-electron chi connectivity index (χ3n) is 3.36. The van der Waals surface area contributed by atoms with Crippen molar-refractivity contribution < 1.29 is 9.53 Å². The van der Waals surface area contributed by atoms with Gasteiger partial charge in [0.1, 0.15) is 11.5 Å². The van der Waals surface area contributed by atoms with Crippen molar-refractivity contribution in [3.63, 3.8) is 0 Å². The minimum absolute atomic E-state index is 0.189. The Bertz CT molecular complexity index is 799. The number of para-hydroxylation sites is 1. The molecule has 23 heavy (non-hydrogen) atoms. The minimum atomic E-state index is -0.189. The van der Waals surface area contributed by atoms with Gasteiger partial charge in [0.15, 0.2) is 0 Å². The summed E-state index contributed by atoms with van der Waals surface area (Å²) in [6.07, 6.45) is 3.17. The smallest absolute Gasteiger partial charge is 0.257 e. The molecule has 3 aromatic rings. The van der Waals surface area contributed by atoms with E-state index in [1.165, 1.54) is 6.20 Å². The fourth-order valence-corrected chi connectivity index (χ4v) is 2.10. The van der Waals surface area contributed by atoms with Gasteiger partial charge in [-0.15, -0.1) is 0 Å². The lowest BCUT2D eigenvalue weighted by atomic mass is 10.2. The number of aryl methyl sites for hydroxylation is 1. The topological polar surface area (TPSA) is 51.2 Å². The van der Waals surface area contributed by atoms with Gasteiger partial charge < -0.3 is 10.1 Å². The molecule has 0 spiro atoms. The molecule has 0 aliphatic rings. The van der Waals surface area contributed by atoms with Crippen LogP contribution in [0.3, 0.4) is 0 Å². The first-order valence-corrected chi connectivity index (χ1v) is 7.27. The van der Waals surface area contributed by atoms with E-state index < -0.39 is 0 Å². The van der Waals surface area contributed by atoms with Crippen LogP contribution in [0, 0.1) is 6.92 Å². The molecule has 0 radical (unpaired) electrons. The van der Waals surface area contributed by atoms with Gasteiger partial charge in [0.2, 0.25) is 0 Å². The lowest BCUT2D eigenvalue weighted by Crippen LogP contribution is -2.11. The normalized spacial score (nSPS) is 10.1. The number of hydrogen-bond acceptors (Lipinski definition) is 3. The highest BCUT2D eigenvalue weighted by molar-refractivity contribution is 6.04. The molecule has 1 amide bonds. The standard InChI is InChI=1S/C19H16N2O2/c1-14-5-2-3-7-18(14)23-17-10-8-16(9-11-17)21-19(22)15-6-4-12-20-13-15/h2-13H,1H3,(H,21,22). The van der Waals surface area contributed by atoms with Gasteiger partial charge in [0, 0.05) is 18.1 Å². The Morgan fingerprint density at radius 3 is 2.48 bits per heavy atom. The first-order chi connectivity index (χ1) is 11.2. The van der Waals surface area contributed by atoms with E-state index in [2.05, 4.69) is 10.3 Å². The minimum Gasteiger partial charge on any atom is -0.457 e. The molecule has 2 aromatic carbocycles. The van der Waals surface area contributed by atoms with Crippen molar-refractivity contribution in [1.82, 2.24) is 4.98 Å². The van der Waals surface area contributed by atoms with Crippen LogP contribution >= 0.6 is 0 Å². The van der Waals surface area contributed by atoms with Crippen molar-refractivity contribution in [3.05, 3.63) is 84.2 Å². The number of carbonyl (C=O) groups excluding carboxylic acids is 1. The monoisotopic (exact) mass is 304 g/mol. The van der Waals surface area contributed by atoms with Crippen LogP contribution in [0.15, 0.2) is 73.1 Å². The van der Waals surface area contributed by atoms with Gasteiger partial charge in [-0.25, -0.2) is 0 Å². The SMILES string of the molecule is Cc1ccccc1Oc1ccc(NC(=O)c2cccnc2)cc1. The van der Waals surface area contributed by atoms with E-state index in [1.54, 1.807) is 18.3 Å². The van der Waals surface area contributed by atoms with Crippen molar-refractivity contribution in [2.75, 3.05) is 5.32 Å². The molecule has 0 fully saturated rings. The fourth-order valence-electron chi connectivity index (χ4n) is 2.10. The number of carbonyl (C=O) groups is 1. The van der Waals surface area contributed by atoms with E-state index in [1.807, 2.05) is 55.5 Å². The maximum atomic E-state index is 12.1. The summed E-state index contributed by atoms with van der Waals surface area (Å²) in [4.78, 5) is 16.0. The highest BCUT2D eigenvalue weighted by atomic mass is 16.5. The Morgan fingerprint density at radius 1 is 1.00 bits per heavy atom. The lowest BCUT2D eigenvalue weighted by molar-refractivity contribution is 0.102. The molecule has 0 aliphatic carbocycles. The maximum absolute atomic E-state index is 12.1. The number of aromatic nitrogens is 1. The van der Waals surface area contributed by atoms with Crippen LogP contribution in [-0.2, 0) is 0 Å². The Balaban J connectivity index is 1.68. The van der Waals surface area contributed by atoms with Gasteiger partial charge in [0.25, 0.3) is 5.91 Å². The zero-order chi connectivity index (χ0) is 16.1. The highest BCUT2D eigenvalue weighted by Crippen LogP contribution is 2.25. The zero-order valence-corrected chi connectivity index (χ0v) is 12.7. The number of pyridine rings is 1. The molecule has 3 rings (SSSR count). The van der Waals surface area contributed by atoms with Crippen molar-refractivity contribution in [2.24, 2.45) is 0 Å². The number of amides is 1. The molecule has 4 heteroatoms. The quantitative estimate of drug-likeness (QED) is 0.775. The van der Waals surface area contributed by atoms with E-state index >= 15 is 0 Å². The average Bonchev–Trinajstić information content (AvgIpc) is 2.59. The Labute approximate surface area is 134 Å². The van der Waals surface area contributed by atoms with Crippen LogP contribution in [0.25, 0.3) is 0 Å². The van der Waals surface area contributed by atoms with Crippen molar-refractivity contribution in [2.45, 2.75) is 6.92 Å². The second kappa shape index (κ2) is 6.75. The Kier molecular flexibility index (Phi) is 4.34. The Morgan fingerprint density at radius 2 is 1.78 bits per heavy atom. The summed E-state index contributed by atoms with van der Waals surface area (Å²) in [5.74, 6) is 1.35. The number of anilines is 1. The van der Waals surface area contributed by atoms with Crippen molar-refractivity contribution >= 4 is 11.6 Å². The molecule has 1 N–H and O–H groups in total.